The maximum absolute atomic E-state index is 12.3. The molecule has 0 aliphatic heterocycles. The van der Waals surface area contributed by atoms with Crippen LogP contribution < -0.4 is 5.56 Å². The molecule has 3 aromatic heterocycles. The molecule has 0 fully saturated rings. The van der Waals surface area contributed by atoms with E-state index >= 15 is 0 Å². The van der Waals surface area contributed by atoms with Crippen molar-refractivity contribution in [1.29, 1.82) is 0 Å². The van der Waals surface area contributed by atoms with Crippen LogP contribution in [0.3, 0.4) is 0 Å². The molecule has 0 amide bonds. The van der Waals surface area contributed by atoms with Crippen LogP contribution in [0.25, 0.3) is 21.7 Å². The minimum Gasteiger partial charge on any atom is -0.444 e. The van der Waals surface area contributed by atoms with E-state index in [2.05, 4.69) is 9.97 Å². The quantitative estimate of drug-likeness (QED) is 0.397. The Labute approximate surface area is 152 Å². The van der Waals surface area contributed by atoms with Crippen molar-refractivity contribution in [3.8, 4) is 11.5 Å². The molecule has 0 aliphatic carbocycles. The van der Waals surface area contributed by atoms with Crippen LogP contribution in [-0.4, -0.2) is 14.5 Å². The van der Waals surface area contributed by atoms with E-state index < -0.39 is 0 Å². The number of oxazole rings is 1. The minimum absolute atomic E-state index is 0.0111. The van der Waals surface area contributed by atoms with Gasteiger partial charge in [0.05, 0.1) is 11.2 Å². The van der Waals surface area contributed by atoms with E-state index in [4.69, 9.17) is 4.42 Å². The molecule has 1 aromatic carbocycles. The van der Waals surface area contributed by atoms with Gasteiger partial charge in [-0.2, -0.15) is 0 Å². The summed E-state index contributed by atoms with van der Waals surface area (Å²) in [5.41, 5.74) is 3.70. The summed E-state index contributed by atoms with van der Waals surface area (Å²) in [5.74, 6) is 1.19. The third-order valence-corrected chi connectivity index (χ3v) is 5.80. The number of benzene rings is 1. The van der Waals surface area contributed by atoms with Crippen molar-refractivity contribution in [2.75, 3.05) is 0 Å². The molecule has 0 N–H and O–H groups in total. The van der Waals surface area contributed by atoms with Crippen LogP contribution in [0.5, 0.6) is 0 Å². The second-order valence-electron chi connectivity index (χ2n) is 5.69. The summed E-state index contributed by atoms with van der Waals surface area (Å²) in [6.07, 6.45) is 1.66. The summed E-state index contributed by atoms with van der Waals surface area (Å²) in [4.78, 5) is 21.4. The van der Waals surface area contributed by atoms with Crippen molar-refractivity contribution in [1.82, 2.24) is 14.5 Å². The van der Waals surface area contributed by atoms with E-state index in [0.717, 1.165) is 16.8 Å². The lowest BCUT2D eigenvalue weighted by molar-refractivity contribution is 0.573. The molecule has 0 unspecified atom stereocenters. The lowest BCUT2D eigenvalue weighted by atomic mass is 10.1. The summed E-state index contributed by atoms with van der Waals surface area (Å²) in [6, 6.07) is 9.92. The van der Waals surface area contributed by atoms with Gasteiger partial charge in [0.25, 0.3) is 5.56 Å². The van der Waals surface area contributed by atoms with Gasteiger partial charge >= 0.3 is 0 Å². The summed E-state index contributed by atoms with van der Waals surface area (Å²) < 4.78 is 7.86. The van der Waals surface area contributed by atoms with E-state index in [1.807, 2.05) is 42.6 Å². The first-order valence-electron chi connectivity index (χ1n) is 7.70. The summed E-state index contributed by atoms with van der Waals surface area (Å²) in [7, 11) is 1.75. The van der Waals surface area contributed by atoms with Crippen LogP contribution in [0, 0.1) is 6.92 Å². The molecule has 3 heterocycles. The third kappa shape index (κ3) is 3.12. The normalized spacial score (nSPS) is 11.3. The summed E-state index contributed by atoms with van der Waals surface area (Å²) in [5, 5.41) is 2.56. The number of hydrogen-bond acceptors (Lipinski definition) is 6. The molecule has 0 aliphatic rings. The predicted molar refractivity (Wildman–Crippen MR) is 101 cm³/mol. The van der Waals surface area contributed by atoms with E-state index in [9.17, 15) is 4.79 Å². The third-order valence-electron chi connectivity index (χ3n) is 3.85. The molecule has 0 saturated heterocycles. The lowest BCUT2D eigenvalue weighted by Gasteiger charge is -2.05. The number of aromatic nitrogens is 3. The molecule has 0 saturated carbocycles. The maximum atomic E-state index is 12.3. The zero-order chi connectivity index (χ0) is 17.4. The van der Waals surface area contributed by atoms with Crippen LogP contribution in [0.1, 0.15) is 11.3 Å². The molecule has 7 heteroatoms. The van der Waals surface area contributed by atoms with Crippen LogP contribution in [0.15, 0.2) is 56.3 Å². The van der Waals surface area contributed by atoms with Crippen LogP contribution in [0.2, 0.25) is 0 Å². The van der Waals surface area contributed by atoms with Crippen LogP contribution >= 0.6 is 23.1 Å². The summed E-state index contributed by atoms with van der Waals surface area (Å²) in [6.45, 7) is 2.04. The van der Waals surface area contributed by atoms with Gasteiger partial charge in [-0.15, -0.1) is 11.3 Å². The minimum atomic E-state index is -0.0111. The van der Waals surface area contributed by atoms with Crippen molar-refractivity contribution in [2.45, 2.75) is 17.8 Å². The lowest BCUT2D eigenvalue weighted by Crippen LogP contribution is -2.18. The molecular formula is C18H15N3O2S2. The number of thiophene rings is 1. The molecule has 25 heavy (non-hydrogen) atoms. The molecule has 4 aromatic rings. The average Bonchev–Trinajstić information content (AvgIpc) is 3.27. The van der Waals surface area contributed by atoms with Gasteiger partial charge in [-0.25, -0.2) is 9.97 Å². The van der Waals surface area contributed by atoms with Gasteiger partial charge in [0, 0.05) is 18.4 Å². The fourth-order valence-electron chi connectivity index (χ4n) is 2.44. The zero-order valence-corrected chi connectivity index (χ0v) is 15.4. The van der Waals surface area contributed by atoms with Gasteiger partial charge in [-0.05, 0) is 30.5 Å². The Morgan fingerprint density at radius 3 is 2.80 bits per heavy atom. The smallest absolute Gasteiger partial charge is 0.271 e. The highest BCUT2D eigenvalue weighted by atomic mass is 32.2. The van der Waals surface area contributed by atoms with E-state index in [1.54, 1.807) is 17.9 Å². The molecular weight excluding hydrogens is 354 g/mol. The molecule has 0 spiro atoms. The highest BCUT2D eigenvalue weighted by Gasteiger charge is 2.12. The van der Waals surface area contributed by atoms with Gasteiger partial charge < -0.3 is 4.42 Å². The highest BCUT2D eigenvalue weighted by molar-refractivity contribution is 7.98. The van der Waals surface area contributed by atoms with E-state index in [-0.39, 0.29) is 5.56 Å². The van der Waals surface area contributed by atoms with Gasteiger partial charge in [0.1, 0.15) is 11.0 Å². The van der Waals surface area contributed by atoms with Crippen molar-refractivity contribution < 1.29 is 4.42 Å². The van der Waals surface area contributed by atoms with Crippen LogP contribution in [0.4, 0.5) is 0 Å². The Bertz CT molecular complexity index is 1090. The second kappa shape index (κ2) is 6.50. The highest BCUT2D eigenvalue weighted by Crippen LogP contribution is 2.25. The van der Waals surface area contributed by atoms with Gasteiger partial charge in [0.2, 0.25) is 5.89 Å². The fraction of sp³-hybridized carbons (Fsp3) is 0.167. The Morgan fingerprint density at radius 1 is 1.20 bits per heavy atom. The number of nitrogens with zero attached hydrogens (tertiary/aromatic N) is 3. The SMILES string of the molecule is Cc1ccc(-c2nc(CSc3nc4ccsc4c(=O)n3C)co2)cc1. The first-order chi connectivity index (χ1) is 12.1. The van der Waals surface area contributed by atoms with Crippen molar-refractivity contribution in [3.63, 3.8) is 0 Å². The topological polar surface area (TPSA) is 60.9 Å². The Balaban J connectivity index is 1.55. The van der Waals surface area contributed by atoms with Gasteiger partial charge in [0.15, 0.2) is 5.16 Å². The number of aryl methyl sites for hydroxylation is 1. The zero-order valence-electron chi connectivity index (χ0n) is 13.7. The molecule has 0 atom stereocenters. The number of hydrogen-bond donors (Lipinski definition) is 0. The van der Waals surface area contributed by atoms with E-state index in [1.165, 1.54) is 28.7 Å². The number of rotatable bonds is 4. The fourth-order valence-corrected chi connectivity index (χ4v) is 4.09. The number of fused-ring (bicyclic) bond motifs is 1. The standard InChI is InChI=1S/C18H15N3O2S2/c1-11-3-5-12(6-4-11)16-19-13(9-23-16)10-25-18-20-14-7-8-24-15(14)17(22)21(18)2/h3-9H,10H2,1-2H3. The van der Waals surface area contributed by atoms with Crippen molar-refractivity contribution in [2.24, 2.45) is 7.05 Å². The first kappa shape index (κ1) is 16.1. The Kier molecular flexibility index (Phi) is 4.19. The maximum Gasteiger partial charge on any atom is 0.271 e. The van der Waals surface area contributed by atoms with Gasteiger partial charge in [-0.3, -0.25) is 9.36 Å². The Hall–Kier alpha value is -2.38. The molecule has 126 valence electrons. The summed E-state index contributed by atoms with van der Waals surface area (Å²) >= 11 is 2.90. The largest absolute Gasteiger partial charge is 0.444 e. The van der Waals surface area contributed by atoms with Crippen molar-refractivity contribution >= 4 is 33.3 Å². The molecule has 4 rings (SSSR count). The number of thioether (sulfide) groups is 1. The van der Waals surface area contributed by atoms with E-state index in [0.29, 0.717) is 21.5 Å². The molecule has 5 nitrogen and oxygen atoms in total. The second-order valence-corrected chi connectivity index (χ2v) is 7.55. The van der Waals surface area contributed by atoms with Crippen molar-refractivity contribution in [3.05, 3.63) is 63.6 Å². The first-order valence-corrected chi connectivity index (χ1v) is 9.57. The Morgan fingerprint density at radius 2 is 2.00 bits per heavy atom. The average molecular weight is 369 g/mol. The van der Waals surface area contributed by atoms with Crippen LogP contribution in [-0.2, 0) is 12.8 Å². The van der Waals surface area contributed by atoms with Gasteiger partial charge in [-0.1, -0.05) is 29.5 Å². The predicted octanol–water partition coefficient (Wildman–Crippen LogP) is 4.25. The molecule has 0 radical (unpaired) electrons. The monoisotopic (exact) mass is 369 g/mol. The molecule has 0 bridgehead atoms.